The van der Waals surface area contributed by atoms with E-state index in [0.717, 1.165) is 59.6 Å². The number of aromatic nitrogens is 2. The van der Waals surface area contributed by atoms with Crippen molar-refractivity contribution in [2.45, 2.75) is 0 Å². The topological polar surface area (TPSA) is 64.7 Å². The van der Waals surface area contributed by atoms with E-state index in [1.54, 1.807) is 17.2 Å². The number of ether oxygens (including phenoxy) is 1. The zero-order valence-corrected chi connectivity index (χ0v) is 21.5. The van der Waals surface area contributed by atoms with Crippen molar-refractivity contribution >= 4 is 39.9 Å². The molecule has 1 fully saturated rings. The fourth-order valence-corrected chi connectivity index (χ4v) is 5.44. The Morgan fingerprint density at radius 1 is 1.05 bits per heavy atom. The van der Waals surface area contributed by atoms with Crippen LogP contribution in [0.25, 0.3) is 33.4 Å². The molecule has 2 aromatic carbocycles. The molecule has 2 aliphatic heterocycles. The number of benzene rings is 2. The largest absolute Gasteiger partial charge is 0.490 e. The first-order chi connectivity index (χ1) is 18.0. The highest BCUT2D eigenvalue weighted by molar-refractivity contribution is 6.36. The van der Waals surface area contributed by atoms with E-state index in [9.17, 15) is 4.79 Å². The lowest BCUT2D eigenvalue weighted by Gasteiger charge is -2.34. The van der Waals surface area contributed by atoms with Gasteiger partial charge in [0.2, 0.25) is 0 Å². The van der Waals surface area contributed by atoms with Crippen molar-refractivity contribution in [2.75, 3.05) is 56.2 Å². The summed E-state index contributed by atoms with van der Waals surface area (Å²) < 4.78 is 5.84. The zero-order valence-electron chi connectivity index (χ0n) is 20.7. The number of amides is 1. The van der Waals surface area contributed by atoms with E-state index in [4.69, 9.17) is 16.3 Å². The molecule has 2 aliphatic rings. The van der Waals surface area contributed by atoms with Crippen LogP contribution in [0.15, 0.2) is 67.4 Å². The van der Waals surface area contributed by atoms with E-state index in [2.05, 4.69) is 57.7 Å². The molecule has 2 aromatic heterocycles. The fourth-order valence-electron chi connectivity index (χ4n) is 5.20. The number of nitrogens with one attached hydrogen (secondary N) is 1. The Morgan fingerprint density at radius 2 is 1.81 bits per heavy atom. The average Bonchev–Trinajstić information content (AvgIpc) is 3.33. The minimum absolute atomic E-state index is 0.153. The monoisotopic (exact) mass is 513 g/mol. The van der Waals surface area contributed by atoms with Gasteiger partial charge in [0.15, 0.2) is 0 Å². The second kappa shape index (κ2) is 9.57. The van der Waals surface area contributed by atoms with Gasteiger partial charge >= 0.3 is 0 Å². The molecule has 1 N–H and O–H groups in total. The lowest BCUT2D eigenvalue weighted by atomic mass is 9.97. The van der Waals surface area contributed by atoms with E-state index in [-0.39, 0.29) is 5.91 Å². The molecular weight excluding hydrogens is 486 g/mol. The Bertz CT molecular complexity index is 1490. The summed E-state index contributed by atoms with van der Waals surface area (Å²) >= 11 is 6.72. The van der Waals surface area contributed by atoms with Gasteiger partial charge < -0.3 is 24.4 Å². The maximum atomic E-state index is 12.6. The van der Waals surface area contributed by atoms with Crippen molar-refractivity contribution in [1.82, 2.24) is 14.9 Å². The van der Waals surface area contributed by atoms with Crippen LogP contribution in [-0.2, 0) is 4.79 Å². The maximum Gasteiger partial charge on any atom is 0.250 e. The van der Waals surface area contributed by atoms with Gasteiger partial charge in [0.25, 0.3) is 5.91 Å². The molecule has 188 valence electrons. The third kappa shape index (κ3) is 4.24. The van der Waals surface area contributed by atoms with Gasteiger partial charge in [0, 0.05) is 49.0 Å². The number of pyridine rings is 1. The SMILES string of the molecule is C=CC(=O)N1CCOc2ccc(-c3c(-c4ccc(N5CCN(C)CC5)cc4)[nH]c4nccc(Cl)c34)cc21. The van der Waals surface area contributed by atoms with Crippen molar-refractivity contribution < 1.29 is 9.53 Å². The number of carbonyl (C=O) groups excluding carboxylic acids is 1. The van der Waals surface area contributed by atoms with E-state index >= 15 is 0 Å². The number of fused-ring (bicyclic) bond motifs is 2. The fraction of sp³-hybridized carbons (Fsp3) is 0.241. The van der Waals surface area contributed by atoms with E-state index in [1.165, 1.54) is 11.8 Å². The number of carbonyl (C=O) groups is 1. The Hall–Kier alpha value is -3.81. The van der Waals surface area contributed by atoms with Crippen molar-refractivity contribution in [3.05, 3.63) is 72.4 Å². The molecule has 0 bridgehead atoms. The minimum atomic E-state index is -0.153. The van der Waals surface area contributed by atoms with Gasteiger partial charge in [-0.1, -0.05) is 36.4 Å². The molecule has 4 aromatic rings. The number of nitrogens with zero attached hydrogens (tertiary/aromatic N) is 4. The van der Waals surface area contributed by atoms with Crippen LogP contribution in [0.1, 0.15) is 0 Å². The second-order valence-electron chi connectivity index (χ2n) is 9.45. The van der Waals surface area contributed by atoms with Gasteiger partial charge in [-0.05, 0) is 54.6 Å². The molecular formula is C29H28ClN5O2. The quantitative estimate of drug-likeness (QED) is 0.379. The van der Waals surface area contributed by atoms with E-state index in [0.29, 0.717) is 29.6 Å². The highest BCUT2D eigenvalue weighted by Gasteiger charge is 2.25. The predicted octanol–water partition coefficient (Wildman–Crippen LogP) is 5.21. The predicted molar refractivity (Wildman–Crippen MR) is 150 cm³/mol. The normalized spacial score (nSPS) is 15.9. The number of rotatable bonds is 4. The second-order valence-corrected chi connectivity index (χ2v) is 9.86. The smallest absolute Gasteiger partial charge is 0.250 e. The van der Waals surface area contributed by atoms with Gasteiger partial charge in [-0.2, -0.15) is 0 Å². The summed E-state index contributed by atoms with van der Waals surface area (Å²) in [5.74, 6) is 0.521. The zero-order chi connectivity index (χ0) is 25.5. The van der Waals surface area contributed by atoms with E-state index in [1.807, 2.05) is 18.2 Å². The molecule has 0 atom stereocenters. The third-order valence-electron chi connectivity index (χ3n) is 7.22. The van der Waals surface area contributed by atoms with Crippen LogP contribution in [0.4, 0.5) is 11.4 Å². The van der Waals surface area contributed by atoms with Crippen molar-refractivity contribution in [1.29, 1.82) is 0 Å². The van der Waals surface area contributed by atoms with Crippen LogP contribution in [0, 0.1) is 0 Å². The van der Waals surface area contributed by atoms with Gasteiger partial charge in [-0.15, -0.1) is 0 Å². The van der Waals surface area contributed by atoms with Gasteiger partial charge in [-0.3, -0.25) is 4.79 Å². The Kier molecular flexibility index (Phi) is 6.10. The molecule has 0 saturated carbocycles. The van der Waals surface area contributed by atoms with Crippen LogP contribution >= 0.6 is 11.6 Å². The van der Waals surface area contributed by atoms with Crippen LogP contribution in [0.3, 0.4) is 0 Å². The number of aromatic amines is 1. The van der Waals surface area contributed by atoms with Crippen LogP contribution in [-0.4, -0.2) is 67.2 Å². The van der Waals surface area contributed by atoms with Crippen LogP contribution in [0.5, 0.6) is 5.75 Å². The Balaban J connectivity index is 1.46. The molecule has 37 heavy (non-hydrogen) atoms. The molecule has 0 radical (unpaired) electrons. The lowest BCUT2D eigenvalue weighted by Crippen LogP contribution is -2.44. The molecule has 1 amide bonds. The molecule has 0 aliphatic carbocycles. The molecule has 7 nitrogen and oxygen atoms in total. The van der Waals surface area contributed by atoms with Gasteiger partial charge in [-0.25, -0.2) is 4.98 Å². The molecule has 0 unspecified atom stereocenters. The molecule has 4 heterocycles. The molecule has 6 rings (SSSR count). The van der Waals surface area contributed by atoms with Crippen molar-refractivity contribution in [2.24, 2.45) is 0 Å². The summed E-state index contributed by atoms with van der Waals surface area (Å²) in [4.78, 5) is 27.1. The maximum absolute atomic E-state index is 12.6. The number of hydrogen-bond donors (Lipinski definition) is 1. The Labute approximate surface area is 220 Å². The summed E-state index contributed by atoms with van der Waals surface area (Å²) in [7, 11) is 2.16. The summed E-state index contributed by atoms with van der Waals surface area (Å²) in [6.07, 6.45) is 3.04. The van der Waals surface area contributed by atoms with E-state index < -0.39 is 0 Å². The van der Waals surface area contributed by atoms with Crippen molar-refractivity contribution in [3.8, 4) is 28.1 Å². The standard InChI is InChI=1S/C29H28ClN5O2/c1-3-25(36)35-16-17-37-24-9-6-20(18-23(24)35)26-27-22(30)10-11-31-29(27)32-28(26)19-4-7-21(8-5-19)34-14-12-33(2)13-15-34/h3-11,18H,1,12-17H2,2H3,(H,31,32). The van der Waals surface area contributed by atoms with Gasteiger partial charge in [0.1, 0.15) is 18.0 Å². The highest BCUT2D eigenvalue weighted by atomic mass is 35.5. The third-order valence-corrected chi connectivity index (χ3v) is 7.53. The van der Waals surface area contributed by atoms with Crippen LogP contribution in [0.2, 0.25) is 5.02 Å². The lowest BCUT2D eigenvalue weighted by molar-refractivity contribution is -0.114. The first kappa shape index (κ1) is 23.6. The van der Waals surface area contributed by atoms with Gasteiger partial charge in [0.05, 0.1) is 22.9 Å². The van der Waals surface area contributed by atoms with Crippen LogP contribution < -0.4 is 14.5 Å². The Morgan fingerprint density at radius 3 is 2.57 bits per heavy atom. The van der Waals surface area contributed by atoms with Crippen molar-refractivity contribution in [3.63, 3.8) is 0 Å². The summed E-state index contributed by atoms with van der Waals surface area (Å²) in [6.45, 7) is 8.74. The summed E-state index contributed by atoms with van der Waals surface area (Å²) in [5.41, 5.74) is 6.49. The summed E-state index contributed by atoms with van der Waals surface area (Å²) in [5, 5.41) is 1.46. The molecule has 0 spiro atoms. The number of anilines is 2. The number of halogens is 1. The number of piperazine rings is 1. The highest BCUT2D eigenvalue weighted by Crippen LogP contribution is 2.44. The molecule has 8 heteroatoms. The number of likely N-dealkylation sites (N-methyl/N-ethyl adjacent to an activating group) is 1. The molecule has 1 saturated heterocycles. The first-order valence-electron chi connectivity index (χ1n) is 12.4. The first-order valence-corrected chi connectivity index (χ1v) is 12.8. The summed E-state index contributed by atoms with van der Waals surface area (Å²) in [6, 6.07) is 16.4. The minimum Gasteiger partial charge on any atom is -0.490 e. The number of hydrogen-bond acceptors (Lipinski definition) is 5. The average molecular weight is 514 g/mol. The number of H-pyrrole nitrogens is 1.